The van der Waals surface area contributed by atoms with Gasteiger partial charge < -0.3 is 25.1 Å². The van der Waals surface area contributed by atoms with Crippen LogP contribution < -0.4 is 20.3 Å². The molecule has 0 amide bonds. The van der Waals surface area contributed by atoms with Crippen molar-refractivity contribution in [3.05, 3.63) is 24.5 Å². The van der Waals surface area contributed by atoms with Crippen LogP contribution in [-0.4, -0.2) is 65.3 Å². The molecular formula is C18H20N6O7S2. The summed E-state index contributed by atoms with van der Waals surface area (Å²) in [5, 5.41) is 20.9. The number of ether oxygens (including phenoxy) is 3. The third-order valence-corrected chi connectivity index (χ3v) is 6.52. The smallest absolute Gasteiger partial charge is 0.333 e. The molecule has 3 aromatic rings. The van der Waals surface area contributed by atoms with E-state index in [4.69, 9.17) is 25.1 Å². The Kier molecular flexibility index (Phi) is 5.75. The fourth-order valence-electron chi connectivity index (χ4n) is 3.61. The molecule has 5 rings (SSSR count). The van der Waals surface area contributed by atoms with Crippen molar-refractivity contribution in [3.63, 3.8) is 0 Å². The average Bonchev–Trinajstić information content (AvgIpc) is 3.33. The maximum atomic E-state index is 11.1. The van der Waals surface area contributed by atoms with Crippen molar-refractivity contribution in [3.8, 4) is 11.5 Å². The minimum absolute atomic E-state index is 0.132. The van der Waals surface area contributed by atoms with Gasteiger partial charge in [-0.15, -0.1) is 0 Å². The van der Waals surface area contributed by atoms with E-state index in [2.05, 4.69) is 19.2 Å². The minimum atomic E-state index is -4.17. The van der Waals surface area contributed by atoms with Gasteiger partial charge in [0.25, 0.3) is 0 Å². The summed E-state index contributed by atoms with van der Waals surface area (Å²) in [6.07, 6.45) is -1.21. The molecule has 1 fully saturated rings. The topological polar surface area (TPSA) is 187 Å². The van der Waals surface area contributed by atoms with Crippen molar-refractivity contribution in [2.75, 3.05) is 25.6 Å². The van der Waals surface area contributed by atoms with Crippen LogP contribution in [0.1, 0.15) is 12.6 Å². The molecule has 0 saturated carbocycles. The minimum Gasteiger partial charge on any atom is -0.486 e. The monoisotopic (exact) mass is 496 g/mol. The summed E-state index contributed by atoms with van der Waals surface area (Å²) in [6.45, 7) is 0.543. The molecule has 176 valence electrons. The number of hydrogen-bond donors (Lipinski definition) is 3. The van der Waals surface area contributed by atoms with E-state index in [1.807, 2.05) is 18.2 Å². The predicted molar refractivity (Wildman–Crippen MR) is 115 cm³/mol. The van der Waals surface area contributed by atoms with E-state index in [9.17, 15) is 13.5 Å². The normalized spacial score (nSPS) is 22.7. The van der Waals surface area contributed by atoms with Gasteiger partial charge in [-0.25, -0.2) is 19.8 Å². The quantitative estimate of drug-likeness (QED) is 0.421. The number of nitrogen functional groups attached to an aromatic ring is 1. The summed E-state index contributed by atoms with van der Waals surface area (Å²) in [4.78, 5) is 9.20. The van der Waals surface area contributed by atoms with E-state index in [1.54, 1.807) is 0 Å². The first-order valence-corrected chi connectivity index (χ1v) is 12.1. The number of benzene rings is 1. The number of aliphatic hydroxyl groups excluding tert-OH is 1. The molecule has 15 heteroatoms. The Morgan fingerprint density at radius 1 is 1.24 bits per heavy atom. The lowest BCUT2D eigenvalue weighted by atomic mass is 10.2. The van der Waals surface area contributed by atoms with Crippen LogP contribution in [0.2, 0.25) is 0 Å². The maximum Gasteiger partial charge on any atom is 0.333 e. The number of rotatable bonds is 6. The fourth-order valence-corrected chi connectivity index (χ4v) is 4.89. The van der Waals surface area contributed by atoms with Gasteiger partial charge in [-0.05, 0) is 18.2 Å². The van der Waals surface area contributed by atoms with E-state index in [0.29, 0.717) is 40.8 Å². The van der Waals surface area contributed by atoms with Gasteiger partial charge in [-0.2, -0.15) is 13.5 Å². The number of anilines is 1. The molecule has 2 aromatic heterocycles. The second-order valence-corrected chi connectivity index (χ2v) is 9.61. The van der Waals surface area contributed by atoms with Gasteiger partial charge in [0.1, 0.15) is 36.5 Å². The lowest BCUT2D eigenvalue weighted by Gasteiger charge is -2.18. The number of nitrogens with two attached hydrogens (primary N) is 2. The summed E-state index contributed by atoms with van der Waals surface area (Å²) in [5.74, 6) is 1.54. The van der Waals surface area contributed by atoms with Crippen LogP contribution in [0.4, 0.5) is 5.82 Å². The Morgan fingerprint density at radius 3 is 2.82 bits per heavy atom. The van der Waals surface area contributed by atoms with Crippen LogP contribution in [0, 0.1) is 0 Å². The van der Waals surface area contributed by atoms with Gasteiger partial charge >= 0.3 is 10.3 Å². The Hall–Kier alpha value is -2.69. The van der Waals surface area contributed by atoms with Crippen molar-refractivity contribution < 1.29 is 31.9 Å². The zero-order valence-electron chi connectivity index (χ0n) is 17.0. The van der Waals surface area contributed by atoms with Crippen molar-refractivity contribution >= 4 is 38.9 Å². The molecule has 13 nitrogen and oxygen atoms in total. The van der Waals surface area contributed by atoms with Crippen molar-refractivity contribution in [2.45, 2.75) is 34.8 Å². The van der Waals surface area contributed by atoms with Crippen LogP contribution in [0.25, 0.3) is 11.0 Å². The molecule has 1 saturated heterocycles. The molecule has 2 aliphatic rings. The molecule has 2 aliphatic heterocycles. The molecule has 3 atom stereocenters. The highest BCUT2D eigenvalue weighted by atomic mass is 32.2. The number of fused-ring (bicyclic) bond motifs is 2. The third kappa shape index (κ3) is 4.55. The Balaban J connectivity index is 1.45. The zero-order valence-corrected chi connectivity index (χ0v) is 18.7. The molecule has 0 unspecified atom stereocenters. The van der Waals surface area contributed by atoms with Crippen LogP contribution in [0.3, 0.4) is 0 Å². The van der Waals surface area contributed by atoms with Gasteiger partial charge in [0.2, 0.25) is 0 Å². The molecule has 0 aliphatic carbocycles. The van der Waals surface area contributed by atoms with Gasteiger partial charge in [0.15, 0.2) is 23.4 Å². The first-order valence-electron chi connectivity index (χ1n) is 9.85. The van der Waals surface area contributed by atoms with E-state index in [1.165, 1.54) is 22.8 Å². The van der Waals surface area contributed by atoms with Crippen LogP contribution in [0.5, 0.6) is 11.5 Å². The number of nitrogens with zero attached hydrogens (tertiary/aromatic N) is 4. The molecule has 0 bridgehead atoms. The molecule has 1 aromatic carbocycles. The number of hydrogen-bond acceptors (Lipinski definition) is 12. The van der Waals surface area contributed by atoms with Crippen LogP contribution in [-0.2, 0) is 19.2 Å². The second kappa shape index (κ2) is 8.58. The van der Waals surface area contributed by atoms with Crippen molar-refractivity contribution in [1.29, 1.82) is 0 Å². The zero-order chi connectivity index (χ0) is 23.2. The summed E-state index contributed by atoms with van der Waals surface area (Å²) in [7, 11) is -4.17. The predicted octanol–water partition coefficient (Wildman–Crippen LogP) is 0.199. The highest BCUT2D eigenvalue weighted by Gasteiger charge is 2.38. The largest absolute Gasteiger partial charge is 0.486 e. The second-order valence-electron chi connectivity index (χ2n) is 7.32. The molecule has 33 heavy (non-hydrogen) atoms. The molecule has 5 N–H and O–H groups in total. The van der Waals surface area contributed by atoms with Crippen molar-refractivity contribution in [2.24, 2.45) is 5.14 Å². The van der Waals surface area contributed by atoms with Gasteiger partial charge in [-0.1, -0.05) is 11.8 Å². The maximum absolute atomic E-state index is 11.1. The molecule has 4 heterocycles. The first kappa shape index (κ1) is 22.1. The van der Waals surface area contributed by atoms with Gasteiger partial charge in [0, 0.05) is 11.3 Å². The third-order valence-electron chi connectivity index (χ3n) is 5.09. The van der Waals surface area contributed by atoms with Crippen LogP contribution >= 0.6 is 11.8 Å². The summed E-state index contributed by atoms with van der Waals surface area (Å²) < 4.78 is 45.2. The Bertz CT molecular complexity index is 1300. The van der Waals surface area contributed by atoms with Crippen LogP contribution in [0.15, 0.2) is 34.4 Å². The highest BCUT2D eigenvalue weighted by Crippen LogP contribution is 2.41. The van der Waals surface area contributed by atoms with E-state index >= 15 is 0 Å². The van der Waals surface area contributed by atoms with Crippen molar-refractivity contribution in [1.82, 2.24) is 19.7 Å². The first-order chi connectivity index (χ1) is 15.8. The fraction of sp³-hybridized carbons (Fsp3) is 0.389. The number of aromatic nitrogens is 4. The van der Waals surface area contributed by atoms with E-state index < -0.39 is 35.3 Å². The summed E-state index contributed by atoms with van der Waals surface area (Å²) >= 11 is 1.33. The molecular weight excluding hydrogens is 476 g/mol. The number of aliphatic hydroxyl groups is 1. The lowest BCUT2D eigenvalue weighted by molar-refractivity contribution is -0.0415. The molecule has 0 radical (unpaired) electrons. The summed E-state index contributed by atoms with van der Waals surface area (Å²) in [5.41, 5.74) is 6.54. The SMILES string of the molecule is Nc1ncnc2c1c(Sc1ccc3c(c1)OCCO3)nn2[C@H]1C[C@H](O)[C@@H](COS(N)(=O)=O)O1. The summed E-state index contributed by atoms with van der Waals surface area (Å²) in [6, 6.07) is 5.54. The Labute approximate surface area is 192 Å². The van der Waals surface area contributed by atoms with E-state index in [-0.39, 0.29) is 12.2 Å². The standard InChI is InChI=1S/C18H20N6O7S2/c19-16-15-17(22-8-21-16)24(14-6-10(25)13(31-14)7-30-33(20,26)27)23-18(15)32-9-1-2-11-12(5-9)29-4-3-28-11/h1-2,5,8,10,13-14,25H,3-4,6-7H2,(H2,19,21,22)(H2,20,26,27)/t10-,13+,14+/m0/s1. The van der Waals surface area contributed by atoms with Gasteiger partial charge in [0.05, 0.1) is 18.1 Å². The van der Waals surface area contributed by atoms with E-state index in [0.717, 1.165) is 4.90 Å². The lowest BCUT2D eigenvalue weighted by Crippen LogP contribution is -2.30. The average molecular weight is 497 g/mol. The highest BCUT2D eigenvalue weighted by molar-refractivity contribution is 7.99. The molecule has 0 spiro atoms. The van der Waals surface area contributed by atoms with Gasteiger partial charge in [-0.3, -0.25) is 4.18 Å². The Morgan fingerprint density at radius 2 is 2.03 bits per heavy atom.